The van der Waals surface area contributed by atoms with Gasteiger partial charge in [0, 0.05) is 36.5 Å². The molecule has 23 heavy (non-hydrogen) atoms. The van der Waals surface area contributed by atoms with Crippen LogP contribution in [0.5, 0.6) is 0 Å². The summed E-state index contributed by atoms with van der Waals surface area (Å²) in [4.78, 5) is 27.6. The van der Waals surface area contributed by atoms with Crippen LogP contribution in [0.25, 0.3) is 5.69 Å². The van der Waals surface area contributed by atoms with Crippen LogP contribution < -0.4 is 16.2 Å². The molecule has 2 aromatic rings. The lowest BCUT2D eigenvalue weighted by molar-refractivity contribution is 0.0963. The molecule has 0 fully saturated rings. The number of benzene rings is 1. The number of carbonyl (C=O) groups is 1. The number of aromatic amines is 1. The van der Waals surface area contributed by atoms with E-state index in [0.717, 1.165) is 11.3 Å². The molecule has 0 unspecified atom stereocenters. The molecule has 1 aromatic heterocycles. The summed E-state index contributed by atoms with van der Waals surface area (Å²) in [7, 11) is 1.58. The Bertz CT molecular complexity index is 867. The number of fused-ring (bicyclic) bond motifs is 1. The summed E-state index contributed by atoms with van der Waals surface area (Å²) in [5.74, 6) is -0.167. The highest BCUT2D eigenvalue weighted by molar-refractivity contribution is 7.71. The Morgan fingerprint density at radius 1 is 1.35 bits per heavy atom. The van der Waals surface area contributed by atoms with Gasteiger partial charge >= 0.3 is 0 Å². The van der Waals surface area contributed by atoms with Crippen LogP contribution in [0.2, 0.25) is 0 Å². The van der Waals surface area contributed by atoms with Gasteiger partial charge in [0.05, 0.1) is 5.69 Å². The molecule has 120 valence electrons. The fourth-order valence-corrected chi connectivity index (χ4v) is 3.08. The summed E-state index contributed by atoms with van der Waals surface area (Å²) in [5.41, 5.74) is 2.72. The van der Waals surface area contributed by atoms with Gasteiger partial charge in [-0.15, -0.1) is 0 Å². The molecule has 0 saturated carbocycles. The lowest BCUT2D eigenvalue weighted by atomic mass is 10.0. The summed E-state index contributed by atoms with van der Waals surface area (Å²) < 4.78 is 1.85. The summed E-state index contributed by atoms with van der Waals surface area (Å²) in [6.07, 6.45) is 0.663. The molecule has 6 nitrogen and oxygen atoms in total. The van der Waals surface area contributed by atoms with Crippen LogP contribution in [0.4, 0.5) is 0 Å². The van der Waals surface area contributed by atoms with Crippen molar-refractivity contribution in [3.8, 4) is 5.69 Å². The Hall–Kier alpha value is -2.25. The zero-order valence-corrected chi connectivity index (χ0v) is 13.8. The average Bonchev–Trinajstić information content (AvgIpc) is 2.55. The molecule has 2 heterocycles. The number of amides is 1. The number of rotatable bonds is 2. The first-order valence-electron chi connectivity index (χ1n) is 7.44. The van der Waals surface area contributed by atoms with Crippen molar-refractivity contribution in [3.05, 3.63) is 56.2 Å². The van der Waals surface area contributed by atoms with Crippen LogP contribution in [0.15, 0.2) is 29.1 Å². The second kappa shape index (κ2) is 6.10. The summed E-state index contributed by atoms with van der Waals surface area (Å²) in [6, 6.07) is 7.07. The summed E-state index contributed by atoms with van der Waals surface area (Å²) >= 11 is 5.34. The predicted molar refractivity (Wildman–Crippen MR) is 90.6 cm³/mol. The maximum absolute atomic E-state index is 12.8. The molecule has 0 radical (unpaired) electrons. The highest BCUT2D eigenvalue weighted by Gasteiger charge is 2.20. The molecule has 3 rings (SSSR count). The molecule has 3 N–H and O–H groups in total. The average molecular weight is 330 g/mol. The van der Waals surface area contributed by atoms with E-state index in [-0.39, 0.29) is 17.5 Å². The molecule has 0 saturated heterocycles. The van der Waals surface area contributed by atoms with Gasteiger partial charge in [-0.25, -0.2) is 0 Å². The highest BCUT2D eigenvalue weighted by atomic mass is 32.1. The van der Waals surface area contributed by atoms with Crippen molar-refractivity contribution in [2.75, 3.05) is 7.05 Å². The molecule has 1 aromatic carbocycles. The van der Waals surface area contributed by atoms with E-state index in [1.165, 1.54) is 4.57 Å². The molecular formula is C16H18N4O2S. The SMILES string of the molecule is CNC(=O)c1ccc(-n2c(=S)[nH]c3c(c2=O)C[C@@H](C)NC3)cc1. The Morgan fingerprint density at radius 3 is 2.70 bits per heavy atom. The second-order valence-electron chi connectivity index (χ2n) is 5.64. The van der Waals surface area contributed by atoms with Gasteiger partial charge in [0.1, 0.15) is 0 Å². The standard InChI is InChI=1S/C16H18N4O2S/c1-9-7-12-13(8-18-9)19-16(23)20(15(12)22)11-5-3-10(4-6-11)14(21)17-2/h3-6,9,18H,7-8H2,1-2H3,(H,17,21)(H,19,23)/t9-/m1/s1. The van der Waals surface area contributed by atoms with E-state index < -0.39 is 0 Å². The molecule has 0 bridgehead atoms. The first-order valence-corrected chi connectivity index (χ1v) is 7.85. The Balaban J connectivity index is 2.10. The zero-order valence-electron chi connectivity index (χ0n) is 13.0. The normalized spacial score (nSPS) is 16.7. The fraction of sp³-hybridized carbons (Fsp3) is 0.312. The van der Waals surface area contributed by atoms with E-state index in [2.05, 4.69) is 15.6 Å². The predicted octanol–water partition coefficient (Wildman–Crippen LogP) is 1.29. The minimum absolute atomic E-state index is 0.0928. The minimum atomic E-state index is -0.167. The molecular weight excluding hydrogens is 312 g/mol. The van der Waals surface area contributed by atoms with Gasteiger partial charge in [0.15, 0.2) is 4.77 Å². The van der Waals surface area contributed by atoms with Gasteiger partial charge in [-0.1, -0.05) is 0 Å². The summed E-state index contributed by atoms with van der Waals surface area (Å²) in [6.45, 7) is 2.66. The fourth-order valence-electron chi connectivity index (χ4n) is 2.77. The van der Waals surface area contributed by atoms with E-state index in [1.54, 1.807) is 31.3 Å². The van der Waals surface area contributed by atoms with Gasteiger partial charge in [-0.05, 0) is 49.8 Å². The van der Waals surface area contributed by atoms with Crippen LogP contribution in [-0.4, -0.2) is 28.5 Å². The van der Waals surface area contributed by atoms with Crippen LogP contribution >= 0.6 is 12.2 Å². The van der Waals surface area contributed by atoms with Crippen molar-refractivity contribution in [1.29, 1.82) is 0 Å². The third kappa shape index (κ3) is 2.85. The zero-order chi connectivity index (χ0) is 16.6. The van der Waals surface area contributed by atoms with Crippen molar-refractivity contribution >= 4 is 18.1 Å². The van der Waals surface area contributed by atoms with Gasteiger partial charge in [0.2, 0.25) is 0 Å². The largest absolute Gasteiger partial charge is 0.355 e. The van der Waals surface area contributed by atoms with Gasteiger partial charge < -0.3 is 15.6 Å². The molecule has 1 amide bonds. The maximum Gasteiger partial charge on any atom is 0.262 e. The van der Waals surface area contributed by atoms with Crippen molar-refractivity contribution in [2.45, 2.75) is 25.9 Å². The van der Waals surface area contributed by atoms with E-state index in [0.29, 0.717) is 29.0 Å². The van der Waals surface area contributed by atoms with Crippen molar-refractivity contribution in [3.63, 3.8) is 0 Å². The topological polar surface area (TPSA) is 78.9 Å². The number of H-pyrrole nitrogens is 1. The van der Waals surface area contributed by atoms with Gasteiger partial charge in [-0.3, -0.25) is 14.2 Å². The Morgan fingerprint density at radius 2 is 2.04 bits per heavy atom. The van der Waals surface area contributed by atoms with Crippen LogP contribution in [-0.2, 0) is 13.0 Å². The first-order chi connectivity index (χ1) is 11.0. The molecule has 0 spiro atoms. The Labute approximate surface area is 138 Å². The van der Waals surface area contributed by atoms with Crippen LogP contribution in [0, 0.1) is 4.77 Å². The molecule has 1 aliphatic heterocycles. The number of hydrogen-bond acceptors (Lipinski definition) is 4. The third-order valence-electron chi connectivity index (χ3n) is 4.04. The second-order valence-corrected chi connectivity index (χ2v) is 6.03. The van der Waals surface area contributed by atoms with E-state index in [9.17, 15) is 9.59 Å². The van der Waals surface area contributed by atoms with E-state index in [1.807, 2.05) is 6.92 Å². The first kappa shape index (κ1) is 15.6. The van der Waals surface area contributed by atoms with Crippen molar-refractivity contribution in [2.24, 2.45) is 0 Å². The lowest BCUT2D eigenvalue weighted by Crippen LogP contribution is -2.39. The van der Waals surface area contributed by atoms with Crippen molar-refractivity contribution < 1.29 is 4.79 Å². The number of nitrogens with one attached hydrogen (secondary N) is 3. The summed E-state index contributed by atoms with van der Waals surface area (Å²) in [5, 5.41) is 5.88. The van der Waals surface area contributed by atoms with Gasteiger partial charge in [0.25, 0.3) is 11.5 Å². The van der Waals surface area contributed by atoms with Gasteiger partial charge in [-0.2, -0.15) is 0 Å². The lowest BCUT2D eigenvalue weighted by Gasteiger charge is -2.23. The van der Waals surface area contributed by atoms with Crippen LogP contribution in [0.3, 0.4) is 0 Å². The molecule has 7 heteroatoms. The van der Waals surface area contributed by atoms with E-state index in [4.69, 9.17) is 12.2 Å². The highest BCUT2D eigenvalue weighted by Crippen LogP contribution is 2.14. The van der Waals surface area contributed by atoms with Crippen LogP contribution in [0.1, 0.15) is 28.5 Å². The minimum Gasteiger partial charge on any atom is -0.355 e. The van der Waals surface area contributed by atoms with Crippen molar-refractivity contribution in [1.82, 2.24) is 20.2 Å². The number of hydrogen-bond donors (Lipinski definition) is 3. The molecule has 0 aliphatic carbocycles. The number of carbonyl (C=O) groups excluding carboxylic acids is 1. The third-order valence-corrected chi connectivity index (χ3v) is 4.32. The number of aromatic nitrogens is 2. The number of nitrogens with zero attached hydrogens (tertiary/aromatic N) is 1. The van der Waals surface area contributed by atoms with E-state index >= 15 is 0 Å². The quantitative estimate of drug-likeness (QED) is 0.725. The Kier molecular flexibility index (Phi) is 4.14. The maximum atomic E-state index is 12.8. The monoisotopic (exact) mass is 330 g/mol. The molecule has 1 aliphatic rings. The molecule has 1 atom stereocenters. The smallest absolute Gasteiger partial charge is 0.262 e.